The van der Waals surface area contributed by atoms with Gasteiger partial charge in [-0.1, -0.05) is 0 Å². The number of carbonyl (C=O) groups is 1. The summed E-state index contributed by atoms with van der Waals surface area (Å²) in [5.74, 6) is 1.87. The van der Waals surface area contributed by atoms with Crippen molar-refractivity contribution in [1.82, 2.24) is 0 Å². The molecule has 4 nitrogen and oxygen atoms in total. The summed E-state index contributed by atoms with van der Waals surface area (Å²) in [5.41, 5.74) is 8.89. The summed E-state index contributed by atoms with van der Waals surface area (Å²) in [7, 11) is 1.38. The average Bonchev–Trinajstić information content (AvgIpc) is 2.41. The molecule has 0 amide bonds. The largest absolute Gasteiger partial charge is 0.465 e. The van der Waals surface area contributed by atoms with E-state index in [0.717, 1.165) is 35.8 Å². The van der Waals surface area contributed by atoms with Gasteiger partial charge in [0, 0.05) is 36.0 Å². The van der Waals surface area contributed by atoms with Crippen LogP contribution in [0.15, 0.2) is 12.1 Å². The fourth-order valence-electron chi connectivity index (χ4n) is 2.06. The smallest absolute Gasteiger partial charge is 0.340 e. The van der Waals surface area contributed by atoms with Crippen LogP contribution in [0.5, 0.6) is 0 Å². The number of nitrogens with two attached hydrogens (primary N) is 1. The van der Waals surface area contributed by atoms with Crippen molar-refractivity contribution in [3.05, 3.63) is 23.3 Å². The highest BCUT2D eigenvalue weighted by Gasteiger charge is 2.17. The molecule has 2 N–H and O–H groups in total. The number of carbonyl (C=O) groups excluding carboxylic acids is 1. The van der Waals surface area contributed by atoms with E-state index >= 15 is 0 Å². The van der Waals surface area contributed by atoms with Crippen molar-refractivity contribution >= 4 is 29.1 Å². The second-order valence-corrected chi connectivity index (χ2v) is 5.54. The van der Waals surface area contributed by atoms with Gasteiger partial charge >= 0.3 is 5.97 Å². The highest BCUT2D eigenvalue weighted by Crippen LogP contribution is 2.27. The van der Waals surface area contributed by atoms with Crippen LogP contribution in [0.4, 0.5) is 11.4 Å². The van der Waals surface area contributed by atoms with E-state index in [1.807, 2.05) is 30.8 Å². The highest BCUT2D eigenvalue weighted by atomic mass is 32.2. The van der Waals surface area contributed by atoms with E-state index < -0.39 is 0 Å². The number of rotatable bonds is 2. The number of hydrogen-bond donors (Lipinski definition) is 1. The molecule has 0 saturated carbocycles. The topological polar surface area (TPSA) is 55.6 Å². The van der Waals surface area contributed by atoms with Crippen LogP contribution >= 0.6 is 11.8 Å². The Morgan fingerprint density at radius 2 is 2.06 bits per heavy atom. The van der Waals surface area contributed by atoms with Crippen molar-refractivity contribution in [2.75, 3.05) is 42.3 Å². The maximum atomic E-state index is 11.7. The lowest BCUT2D eigenvalue weighted by atomic mass is 10.1. The summed E-state index contributed by atoms with van der Waals surface area (Å²) in [6, 6.07) is 3.88. The van der Waals surface area contributed by atoms with Gasteiger partial charge in [0.25, 0.3) is 0 Å². The van der Waals surface area contributed by atoms with E-state index in [-0.39, 0.29) is 5.97 Å². The number of esters is 1. The second-order valence-electron chi connectivity index (χ2n) is 4.31. The third kappa shape index (κ3) is 2.56. The summed E-state index contributed by atoms with van der Waals surface area (Å²) < 4.78 is 4.77. The Hall–Kier alpha value is -1.36. The van der Waals surface area contributed by atoms with Crippen molar-refractivity contribution < 1.29 is 9.53 Å². The number of anilines is 2. The van der Waals surface area contributed by atoms with Gasteiger partial charge in [-0.15, -0.1) is 0 Å². The zero-order chi connectivity index (χ0) is 13.1. The van der Waals surface area contributed by atoms with Gasteiger partial charge in [-0.2, -0.15) is 11.8 Å². The summed E-state index contributed by atoms with van der Waals surface area (Å²) in [5, 5.41) is 0. The van der Waals surface area contributed by atoms with E-state index in [4.69, 9.17) is 10.5 Å². The molecule has 5 heteroatoms. The molecule has 0 unspecified atom stereocenters. The van der Waals surface area contributed by atoms with Gasteiger partial charge in [0.05, 0.1) is 12.7 Å². The fraction of sp³-hybridized carbons (Fsp3) is 0.462. The molecule has 0 spiro atoms. The second kappa shape index (κ2) is 5.52. The molecule has 0 radical (unpaired) electrons. The summed E-state index contributed by atoms with van der Waals surface area (Å²) in [4.78, 5) is 14.0. The Morgan fingerprint density at radius 3 is 2.67 bits per heavy atom. The molecule has 1 heterocycles. The van der Waals surface area contributed by atoms with Crippen molar-refractivity contribution in [2.45, 2.75) is 6.92 Å². The van der Waals surface area contributed by atoms with Crippen LogP contribution in [0.25, 0.3) is 0 Å². The molecule has 0 aromatic heterocycles. The Kier molecular flexibility index (Phi) is 4.01. The summed E-state index contributed by atoms with van der Waals surface area (Å²) >= 11 is 1.96. The fourth-order valence-corrected chi connectivity index (χ4v) is 2.97. The number of nitrogen functional groups attached to an aromatic ring is 1. The number of benzene rings is 1. The molecule has 1 saturated heterocycles. The first-order chi connectivity index (χ1) is 8.63. The molecule has 1 fully saturated rings. The minimum Gasteiger partial charge on any atom is -0.465 e. The third-order valence-electron chi connectivity index (χ3n) is 3.15. The molecule has 1 aliphatic rings. The molecular weight excluding hydrogens is 248 g/mol. The predicted molar refractivity (Wildman–Crippen MR) is 76.5 cm³/mol. The predicted octanol–water partition coefficient (Wildman–Crippen LogP) is 1.92. The van der Waals surface area contributed by atoms with Crippen LogP contribution < -0.4 is 10.6 Å². The van der Waals surface area contributed by atoms with Crippen molar-refractivity contribution in [3.8, 4) is 0 Å². The number of methoxy groups -OCH3 is 1. The molecule has 1 aromatic carbocycles. The van der Waals surface area contributed by atoms with Gasteiger partial charge in [-0.3, -0.25) is 0 Å². The lowest BCUT2D eigenvalue weighted by molar-refractivity contribution is 0.0602. The van der Waals surface area contributed by atoms with Gasteiger partial charge < -0.3 is 15.4 Å². The summed E-state index contributed by atoms with van der Waals surface area (Å²) in [6.07, 6.45) is 0. The van der Waals surface area contributed by atoms with Crippen molar-refractivity contribution in [3.63, 3.8) is 0 Å². The number of ether oxygens (including phenoxy) is 1. The quantitative estimate of drug-likeness (QED) is 0.654. The van der Waals surface area contributed by atoms with Gasteiger partial charge in [-0.25, -0.2) is 4.79 Å². The molecule has 0 atom stereocenters. The first-order valence-corrected chi connectivity index (χ1v) is 7.10. The molecule has 98 valence electrons. The van der Waals surface area contributed by atoms with E-state index in [9.17, 15) is 4.79 Å². The minimum absolute atomic E-state index is 0.371. The maximum Gasteiger partial charge on any atom is 0.340 e. The minimum atomic E-state index is -0.371. The highest BCUT2D eigenvalue weighted by molar-refractivity contribution is 7.99. The Morgan fingerprint density at radius 1 is 1.39 bits per heavy atom. The molecule has 0 bridgehead atoms. The Bertz CT molecular complexity index is 457. The molecule has 2 rings (SSSR count). The van der Waals surface area contributed by atoms with Gasteiger partial charge in [-0.05, 0) is 24.6 Å². The monoisotopic (exact) mass is 266 g/mol. The Labute approximate surface area is 111 Å². The normalized spacial score (nSPS) is 15.6. The summed E-state index contributed by atoms with van der Waals surface area (Å²) in [6.45, 7) is 3.94. The third-order valence-corrected chi connectivity index (χ3v) is 4.10. The van der Waals surface area contributed by atoms with E-state index in [2.05, 4.69) is 4.90 Å². The van der Waals surface area contributed by atoms with E-state index in [1.54, 1.807) is 0 Å². The standard InChI is InChI=1S/C13H18N2O2S/c1-9-7-10(15-3-5-18-6-4-15)8-11(12(9)14)13(16)17-2/h7-8H,3-6,14H2,1-2H3. The number of thioether (sulfide) groups is 1. The number of nitrogens with zero attached hydrogens (tertiary/aromatic N) is 1. The lowest BCUT2D eigenvalue weighted by Crippen LogP contribution is -2.32. The first kappa shape index (κ1) is 13.1. The zero-order valence-electron chi connectivity index (χ0n) is 10.7. The number of aryl methyl sites for hydroxylation is 1. The molecular formula is C13H18N2O2S. The molecule has 0 aliphatic carbocycles. The number of hydrogen-bond acceptors (Lipinski definition) is 5. The molecule has 1 aliphatic heterocycles. The van der Waals surface area contributed by atoms with Crippen LogP contribution in [0, 0.1) is 6.92 Å². The van der Waals surface area contributed by atoms with Gasteiger partial charge in [0.2, 0.25) is 0 Å². The van der Waals surface area contributed by atoms with Crippen LogP contribution in [-0.4, -0.2) is 37.7 Å². The van der Waals surface area contributed by atoms with Gasteiger partial charge in [0.1, 0.15) is 0 Å². The SMILES string of the molecule is COC(=O)c1cc(N2CCSCC2)cc(C)c1N. The average molecular weight is 266 g/mol. The molecule has 1 aromatic rings. The lowest BCUT2D eigenvalue weighted by Gasteiger charge is -2.29. The first-order valence-electron chi connectivity index (χ1n) is 5.94. The molecule has 18 heavy (non-hydrogen) atoms. The van der Waals surface area contributed by atoms with Crippen molar-refractivity contribution in [2.24, 2.45) is 0 Å². The Balaban J connectivity index is 2.36. The van der Waals surface area contributed by atoms with E-state index in [0.29, 0.717) is 11.3 Å². The van der Waals surface area contributed by atoms with Crippen LogP contribution in [0.3, 0.4) is 0 Å². The van der Waals surface area contributed by atoms with Crippen LogP contribution in [0.1, 0.15) is 15.9 Å². The van der Waals surface area contributed by atoms with E-state index in [1.165, 1.54) is 7.11 Å². The van der Waals surface area contributed by atoms with Crippen LogP contribution in [0.2, 0.25) is 0 Å². The maximum absolute atomic E-state index is 11.7. The zero-order valence-corrected chi connectivity index (χ0v) is 11.5. The van der Waals surface area contributed by atoms with Gasteiger partial charge in [0.15, 0.2) is 0 Å². The van der Waals surface area contributed by atoms with Crippen LogP contribution in [-0.2, 0) is 4.74 Å². The van der Waals surface area contributed by atoms with Crippen molar-refractivity contribution in [1.29, 1.82) is 0 Å².